The van der Waals surface area contributed by atoms with Crippen molar-refractivity contribution in [2.24, 2.45) is 7.05 Å². The van der Waals surface area contributed by atoms with Crippen LogP contribution in [0.1, 0.15) is 26.0 Å². The lowest BCUT2D eigenvalue weighted by molar-refractivity contribution is 0.0625. The van der Waals surface area contributed by atoms with E-state index in [-0.39, 0.29) is 5.54 Å². The summed E-state index contributed by atoms with van der Waals surface area (Å²) in [5.74, 6) is 0. The molecule has 0 aliphatic carbocycles. The SMILES string of the molecule is CCC1(C)CNCCN1Cc1cn(C)nn1. The summed E-state index contributed by atoms with van der Waals surface area (Å²) in [7, 11) is 1.91. The van der Waals surface area contributed by atoms with Crippen LogP contribution < -0.4 is 5.32 Å². The number of nitrogens with zero attached hydrogens (tertiary/aromatic N) is 4. The third-order valence-electron chi connectivity index (χ3n) is 3.59. The Morgan fingerprint density at radius 2 is 2.38 bits per heavy atom. The maximum Gasteiger partial charge on any atom is 0.0967 e. The first kappa shape index (κ1) is 11.5. The van der Waals surface area contributed by atoms with Gasteiger partial charge < -0.3 is 5.32 Å². The summed E-state index contributed by atoms with van der Waals surface area (Å²) < 4.78 is 1.76. The summed E-state index contributed by atoms with van der Waals surface area (Å²) in [5.41, 5.74) is 1.31. The molecule has 0 saturated carbocycles. The van der Waals surface area contributed by atoms with Crippen molar-refractivity contribution in [2.75, 3.05) is 19.6 Å². The Bertz CT molecular complexity index is 348. The molecular formula is C11H21N5. The van der Waals surface area contributed by atoms with E-state index in [2.05, 4.69) is 34.4 Å². The Balaban J connectivity index is 2.07. The summed E-state index contributed by atoms with van der Waals surface area (Å²) in [6.45, 7) is 8.67. The Hall–Kier alpha value is -0.940. The number of hydrogen-bond donors (Lipinski definition) is 1. The summed E-state index contributed by atoms with van der Waals surface area (Å²) in [4.78, 5) is 2.51. The van der Waals surface area contributed by atoms with E-state index < -0.39 is 0 Å². The molecule has 0 amide bonds. The lowest BCUT2D eigenvalue weighted by Crippen LogP contribution is -2.58. The first-order valence-electron chi connectivity index (χ1n) is 5.95. The molecule has 1 N–H and O–H groups in total. The topological polar surface area (TPSA) is 46.0 Å². The van der Waals surface area contributed by atoms with Gasteiger partial charge in [0.2, 0.25) is 0 Å². The highest BCUT2D eigenvalue weighted by atomic mass is 15.4. The van der Waals surface area contributed by atoms with Crippen LogP contribution in [0.5, 0.6) is 0 Å². The minimum Gasteiger partial charge on any atom is -0.314 e. The van der Waals surface area contributed by atoms with Gasteiger partial charge in [-0.25, -0.2) is 0 Å². The smallest absolute Gasteiger partial charge is 0.0967 e. The third kappa shape index (κ3) is 2.25. The van der Waals surface area contributed by atoms with Crippen molar-refractivity contribution in [1.82, 2.24) is 25.2 Å². The quantitative estimate of drug-likeness (QED) is 0.805. The average Bonchev–Trinajstić information content (AvgIpc) is 2.68. The van der Waals surface area contributed by atoms with Gasteiger partial charge in [0.15, 0.2) is 0 Å². The molecule has 0 aromatic carbocycles. The second-order valence-corrected chi connectivity index (χ2v) is 4.83. The molecule has 2 heterocycles. The molecule has 0 radical (unpaired) electrons. The normalized spacial score (nSPS) is 27.2. The molecule has 1 aliphatic heterocycles. The van der Waals surface area contributed by atoms with Crippen LogP contribution in [0.25, 0.3) is 0 Å². The molecule has 2 rings (SSSR count). The van der Waals surface area contributed by atoms with E-state index in [0.717, 1.165) is 38.3 Å². The molecule has 90 valence electrons. The van der Waals surface area contributed by atoms with Crippen LogP contribution in [0.2, 0.25) is 0 Å². The fourth-order valence-electron chi connectivity index (χ4n) is 2.24. The molecule has 1 aromatic rings. The van der Waals surface area contributed by atoms with Crippen LogP contribution in [0.4, 0.5) is 0 Å². The number of aryl methyl sites for hydroxylation is 1. The van der Waals surface area contributed by atoms with Crippen molar-refractivity contribution in [3.63, 3.8) is 0 Å². The Morgan fingerprint density at radius 1 is 1.56 bits per heavy atom. The zero-order valence-corrected chi connectivity index (χ0v) is 10.4. The van der Waals surface area contributed by atoms with Crippen molar-refractivity contribution in [3.8, 4) is 0 Å². The summed E-state index contributed by atoms with van der Waals surface area (Å²) >= 11 is 0. The van der Waals surface area contributed by atoms with Crippen LogP contribution in [-0.2, 0) is 13.6 Å². The van der Waals surface area contributed by atoms with Crippen LogP contribution >= 0.6 is 0 Å². The minimum atomic E-state index is 0.246. The summed E-state index contributed by atoms with van der Waals surface area (Å²) in [6.07, 6.45) is 3.15. The lowest BCUT2D eigenvalue weighted by Gasteiger charge is -2.44. The van der Waals surface area contributed by atoms with Gasteiger partial charge in [-0.1, -0.05) is 12.1 Å². The van der Waals surface area contributed by atoms with Crippen molar-refractivity contribution in [1.29, 1.82) is 0 Å². The fourth-order valence-corrected chi connectivity index (χ4v) is 2.24. The van der Waals surface area contributed by atoms with Crippen LogP contribution in [0.3, 0.4) is 0 Å². The van der Waals surface area contributed by atoms with Crippen molar-refractivity contribution < 1.29 is 0 Å². The Labute approximate surface area is 96.8 Å². The zero-order valence-electron chi connectivity index (χ0n) is 10.4. The van der Waals surface area contributed by atoms with E-state index in [0.29, 0.717) is 0 Å². The molecule has 0 spiro atoms. The van der Waals surface area contributed by atoms with Gasteiger partial charge in [0.1, 0.15) is 0 Å². The second-order valence-electron chi connectivity index (χ2n) is 4.83. The van der Waals surface area contributed by atoms with Gasteiger partial charge in [-0.05, 0) is 13.3 Å². The first-order chi connectivity index (χ1) is 7.64. The second kappa shape index (κ2) is 4.51. The predicted octanol–water partition coefficient (Wildman–Crippen LogP) is 0.389. The highest BCUT2D eigenvalue weighted by molar-refractivity contribution is 4.98. The molecule has 1 unspecified atom stereocenters. The van der Waals surface area contributed by atoms with Gasteiger partial charge in [0, 0.05) is 45.0 Å². The standard InChI is InChI=1S/C11H21N5/c1-4-11(2)9-12-5-6-16(11)8-10-7-15(3)14-13-10/h7,12H,4-6,8-9H2,1-3H3. The Kier molecular flexibility index (Phi) is 3.25. The number of hydrogen-bond acceptors (Lipinski definition) is 4. The maximum absolute atomic E-state index is 4.16. The van der Waals surface area contributed by atoms with Crippen molar-refractivity contribution in [2.45, 2.75) is 32.4 Å². The van der Waals surface area contributed by atoms with Gasteiger partial charge >= 0.3 is 0 Å². The first-order valence-corrected chi connectivity index (χ1v) is 5.95. The van der Waals surface area contributed by atoms with Crippen LogP contribution in [-0.4, -0.2) is 45.1 Å². The van der Waals surface area contributed by atoms with E-state index in [4.69, 9.17) is 0 Å². The molecule has 1 atom stereocenters. The molecule has 1 saturated heterocycles. The van der Waals surface area contributed by atoms with Crippen molar-refractivity contribution >= 4 is 0 Å². The molecule has 1 fully saturated rings. The predicted molar refractivity (Wildman–Crippen MR) is 63.0 cm³/mol. The molecule has 1 aromatic heterocycles. The highest BCUT2D eigenvalue weighted by Crippen LogP contribution is 2.22. The highest BCUT2D eigenvalue weighted by Gasteiger charge is 2.32. The molecule has 1 aliphatic rings. The number of rotatable bonds is 3. The van der Waals surface area contributed by atoms with Gasteiger partial charge in [0.25, 0.3) is 0 Å². The average molecular weight is 223 g/mol. The van der Waals surface area contributed by atoms with Crippen molar-refractivity contribution in [3.05, 3.63) is 11.9 Å². The fraction of sp³-hybridized carbons (Fsp3) is 0.818. The van der Waals surface area contributed by atoms with Gasteiger partial charge in [0.05, 0.1) is 5.69 Å². The van der Waals surface area contributed by atoms with Crippen LogP contribution in [0, 0.1) is 0 Å². The van der Waals surface area contributed by atoms with E-state index in [1.807, 2.05) is 13.2 Å². The number of nitrogens with one attached hydrogen (secondary N) is 1. The summed E-state index contributed by atoms with van der Waals surface area (Å²) in [6, 6.07) is 0. The third-order valence-corrected chi connectivity index (χ3v) is 3.59. The van der Waals surface area contributed by atoms with Crippen LogP contribution in [0.15, 0.2) is 6.20 Å². The largest absolute Gasteiger partial charge is 0.314 e. The molecule has 5 heteroatoms. The maximum atomic E-state index is 4.16. The molecule has 5 nitrogen and oxygen atoms in total. The van der Waals surface area contributed by atoms with Gasteiger partial charge in [-0.3, -0.25) is 9.58 Å². The zero-order chi connectivity index (χ0) is 11.6. The van der Waals surface area contributed by atoms with E-state index in [1.54, 1.807) is 4.68 Å². The molecule has 16 heavy (non-hydrogen) atoms. The van der Waals surface area contributed by atoms with Gasteiger partial charge in [-0.2, -0.15) is 0 Å². The minimum absolute atomic E-state index is 0.246. The summed E-state index contributed by atoms with van der Waals surface area (Å²) in [5, 5.41) is 11.6. The van der Waals surface area contributed by atoms with Gasteiger partial charge in [-0.15, -0.1) is 5.10 Å². The number of aromatic nitrogens is 3. The van der Waals surface area contributed by atoms with E-state index >= 15 is 0 Å². The molecular weight excluding hydrogens is 202 g/mol. The molecule has 0 bridgehead atoms. The number of piperazine rings is 1. The van der Waals surface area contributed by atoms with E-state index in [1.165, 1.54) is 0 Å². The van der Waals surface area contributed by atoms with E-state index in [9.17, 15) is 0 Å². The Morgan fingerprint density at radius 3 is 3.00 bits per heavy atom. The lowest BCUT2D eigenvalue weighted by atomic mass is 9.94. The monoisotopic (exact) mass is 223 g/mol.